The number of nitrogens with zero attached hydrogens (tertiary/aromatic N) is 1. The van der Waals surface area contributed by atoms with Gasteiger partial charge in [0.05, 0.1) is 6.54 Å². The molecule has 1 aliphatic heterocycles. The zero-order chi connectivity index (χ0) is 11.0. The van der Waals surface area contributed by atoms with Crippen molar-refractivity contribution in [2.24, 2.45) is 5.73 Å². The quantitative estimate of drug-likeness (QED) is 0.442. The van der Waals surface area contributed by atoms with Gasteiger partial charge in [0.1, 0.15) is 5.84 Å². The summed E-state index contributed by atoms with van der Waals surface area (Å²) in [5.41, 5.74) is 2.41. The van der Waals surface area contributed by atoms with Crippen LogP contribution in [0.4, 0.5) is 13.2 Å². The monoisotopic (exact) mass is 211 g/mol. The van der Waals surface area contributed by atoms with Gasteiger partial charge in [-0.05, 0) is 6.42 Å². The molecule has 4 N–H and O–H groups in total. The van der Waals surface area contributed by atoms with Crippen molar-refractivity contribution in [3.8, 4) is 0 Å². The number of halogens is 3. The summed E-state index contributed by atoms with van der Waals surface area (Å²) in [4.78, 5) is 1.32. The van der Waals surface area contributed by atoms with Crippen molar-refractivity contribution in [3.05, 3.63) is 0 Å². The van der Waals surface area contributed by atoms with Gasteiger partial charge >= 0.3 is 6.18 Å². The van der Waals surface area contributed by atoms with Crippen LogP contribution >= 0.6 is 0 Å². The summed E-state index contributed by atoms with van der Waals surface area (Å²) in [5.74, 6) is -0.198. The van der Waals surface area contributed by atoms with Crippen molar-refractivity contribution in [1.29, 1.82) is 5.41 Å². The molecular weight excluding hydrogens is 199 g/mol. The average molecular weight is 211 g/mol. The van der Waals surface area contributed by atoms with Gasteiger partial charge in [0.2, 0.25) is 0 Å². The minimum atomic E-state index is -4.61. The van der Waals surface area contributed by atoms with Crippen molar-refractivity contribution in [3.63, 3.8) is 0 Å². The Morgan fingerprint density at radius 3 is 2.50 bits per heavy atom. The molecule has 0 aromatic heterocycles. The Morgan fingerprint density at radius 1 is 1.57 bits per heavy atom. The predicted molar refractivity (Wildman–Crippen MR) is 44.0 cm³/mol. The highest BCUT2D eigenvalue weighted by Gasteiger charge is 2.56. The predicted octanol–water partition coefficient (Wildman–Crippen LogP) is -0.0785. The molecule has 7 heteroatoms. The summed E-state index contributed by atoms with van der Waals surface area (Å²) in [5, 5.41) is 16.2. The highest BCUT2D eigenvalue weighted by atomic mass is 19.4. The number of nitrogens with one attached hydrogen (secondary N) is 1. The van der Waals surface area contributed by atoms with E-state index in [1.54, 1.807) is 0 Å². The first kappa shape index (κ1) is 11.3. The number of hydrogen-bond donors (Lipinski definition) is 3. The molecule has 1 heterocycles. The maximum absolute atomic E-state index is 12.3. The van der Waals surface area contributed by atoms with Crippen LogP contribution in [-0.2, 0) is 0 Å². The van der Waals surface area contributed by atoms with Crippen molar-refractivity contribution in [2.45, 2.75) is 18.2 Å². The van der Waals surface area contributed by atoms with Gasteiger partial charge in [-0.25, -0.2) is 0 Å². The van der Waals surface area contributed by atoms with Crippen LogP contribution in [0.5, 0.6) is 0 Å². The fourth-order valence-electron chi connectivity index (χ4n) is 1.48. The summed E-state index contributed by atoms with van der Waals surface area (Å²) < 4.78 is 36.9. The molecule has 14 heavy (non-hydrogen) atoms. The van der Waals surface area contributed by atoms with Crippen LogP contribution in [0.1, 0.15) is 6.42 Å². The van der Waals surface area contributed by atoms with Gasteiger partial charge in [0, 0.05) is 13.1 Å². The molecule has 82 valence electrons. The average Bonchev–Trinajstić information content (AvgIpc) is 2.30. The summed E-state index contributed by atoms with van der Waals surface area (Å²) in [6.07, 6.45) is -4.97. The molecule has 1 unspecified atom stereocenters. The summed E-state index contributed by atoms with van der Waals surface area (Å²) >= 11 is 0. The molecule has 0 amide bonds. The van der Waals surface area contributed by atoms with E-state index in [-0.39, 0.29) is 25.3 Å². The van der Waals surface area contributed by atoms with E-state index in [9.17, 15) is 18.3 Å². The van der Waals surface area contributed by atoms with Gasteiger partial charge in [-0.15, -0.1) is 0 Å². The lowest BCUT2D eigenvalue weighted by Gasteiger charge is -2.25. The van der Waals surface area contributed by atoms with Gasteiger partial charge in [-0.2, -0.15) is 13.2 Å². The van der Waals surface area contributed by atoms with Crippen molar-refractivity contribution in [2.75, 3.05) is 19.6 Å². The molecular formula is C7H12F3N3O. The van der Waals surface area contributed by atoms with E-state index in [0.717, 1.165) is 0 Å². The number of alkyl halides is 3. The number of hydrogen-bond acceptors (Lipinski definition) is 3. The fraction of sp³-hybridized carbons (Fsp3) is 0.857. The smallest absolute Gasteiger partial charge is 0.387 e. The summed E-state index contributed by atoms with van der Waals surface area (Å²) in [7, 11) is 0. The second-order valence-electron chi connectivity index (χ2n) is 3.52. The molecule has 0 saturated carbocycles. The molecule has 1 fully saturated rings. The van der Waals surface area contributed by atoms with Crippen LogP contribution in [0.3, 0.4) is 0 Å². The topological polar surface area (TPSA) is 73.3 Å². The van der Waals surface area contributed by atoms with Gasteiger partial charge in [-0.3, -0.25) is 10.3 Å². The first-order valence-corrected chi connectivity index (χ1v) is 4.09. The Morgan fingerprint density at radius 2 is 2.14 bits per heavy atom. The maximum atomic E-state index is 12.3. The number of nitrogens with two attached hydrogens (primary N) is 1. The molecule has 1 saturated heterocycles. The zero-order valence-corrected chi connectivity index (χ0v) is 7.43. The highest BCUT2D eigenvalue weighted by molar-refractivity contribution is 5.78. The zero-order valence-electron chi connectivity index (χ0n) is 7.43. The second kappa shape index (κ2) is 3.39. The molecule has 0 aliphatic carbocycles. The van der Waals surface area contributed by atoms with Crippen LogP contribution in [0.2, 0.25) is 0 Å². The van der Waals surface area contributed by atoms with Gasteiger partial charge in [0.25, 0.3) is 0 Å². The Labute approximate surface area is 79.0 Å². The molecule has 0 bridgehead atoms. The van der Waals surface area contributed by atoms with Crippen molar-refractivity contribution < 1.29 is 18.3 Å². The lowest BCUT2D eigenvalue weighted by Crippen LogP contribution is -2.48. The van der Waals surface area contributed by atoms with E-state index in [0.29, 0.717) is 0 Å². The first-order chi connectivity index (χ1) is 6.24. The van der Waals surface area contributed by atoms with E-state index in [2.05, 4.69) is 0 Å². The number of aliphatic hydroxyl groups is 1. The Balaban J connectivity index is 2.60. The Kier molecular flexibility index (Phi) is 2.73. The standard InChI is InChI=1S/C7H12F3N3O/c8-7(9,10)6(14)1-2-13(4-6)3-5(11)12/h14H,1-4H2,(H3,11,12). The van der Waals surface area contributed by atoms with Crippen LogP contribution in [0.15, 0.2) is 0 Å². The lowest BCUT2D eigenvalue weighted by molar-refractivity contribution is -0.253. The van der Waals surface area contributed by atoms with Crippen LogP contribution in [0.25, 0.3) is 0 Å². The van der Waals surface area contributed by atoms with Crippen molar-refractivity contribution in [1.82, 2.24) is 4.90 Å². The Bertz CT molecular complexity index is 243. The molecule has 1 rings (SSSR count). The third kappa shape index (κ3) is 2.16. The maximum Gasteiger partial charge on any atom is 0.418 e. The largest absolute Gasteiger partial charge is 0.418 e. The Hall–Kier alpha value is -0.820. The summed E-state index contributed by atoms with van der Waals surface area (Å²) in [6.45, 7) is -0.427. The fourth-order valence-corrected chi connectivity index (χ4v) is 1.48. The molecule has 0 aromatic carbocycles. The van der Waals surface area contributed by atoms with Crippen LogP contribution in [-0.4, -0.2) is 47.3 Å². The normalized spacial score (nSPS) is 29.4. The number of rotatable bonds is 2. The van der Waals surface area contributed by atoms with E-state index in [1.807, 2.05) is 0 Å². The van der Waals surface area contributed by atoms with Crippen LogP contribution < -0.4 is 5.73 Å². The summed E-state index contributed by atoms with van der Waals surface area (Å²) in [6, 6.07) is 0. The minimum Gasteiger partial charge on any atom is -0.387 e. The van der Waals surface area contributed by atoms with E-state index < -0.39 is 18.3 Å². The van der Waals surface area contributed by atoms with Gasteiger partial charge in [-0.1, -0.05) is 0 Å². The van der Waals surface area contributed by atoms with Crippen LogP contribution in [0, 0.1) is 5.41 Å². The molecule has 0 aromatic rings. The van der Waals surface area contributed by atoms with E-state index in [1.165, 1.54) is 4.90 Å². The van der Waals surface area contributed by atoms with E-state index >= 15 is 0 Å². The second-order valence-corrected chi connectivity index (χ2v) is 3.52. The minimum absolute atomic E-state index is 0.0294. The molecule has 0 spiro atoms. The van der Waals surface area contributed by atoms with E-state index in [4.69, 9.17) is 11.1 Å². The highest BCUT2D eigenvalue weighted by Crippen LogP contribution is 2.37. The number of likely N-dealkylation sites (tertiary alicyclic amines) is 1. The number of β-amino-alcohol motifs (C(OH)–C–C–N with tert-alkyl or cyclic N) is 1. The van der Waals surface area contributed by atoms with Gasteiger partial charge in [0.15, 0.2) is 5.60 Å². The first-order valence-electron chi connectivity index (χ1n) is 4.09. The molecule has 0 radical (unpaired) electrons. The third-order valence-electron chi connectivity index (χ3n) is 2.25. The lowest BCUT2D eigenvalue weighted by atomic mass is 10.0. The van der Waals surface area contributed by atoms with Gasteiger partial charge < -0.3 is 10.8 Å². The molecule has 1 aliphatic rings. The number of amidine groups is 1. The SMILES string of the molecule is N=C(N)CN1CCC(O)(C(F)(F)F)C1. The molecule has 1 atom stereocenters. The molecule has 4 nitrogen and oxygen atoms in total. The van der Waals surface area contributed by atoms with Crippen molar-refractivity contribution >= 4 is 5.84 Å². The third-order valence-corrected chi connectivity index (χ3v) is 2.25.